The zero-order valence-corrected chi connectivity index (χ0v) is 10.4. The van der Waals surface area contributed by atoms with E-state index in [1.165, 1.54) is 12.5 Å². The molecule has 1 amide bonds. The summed E-state index contributed by atoms with van der Waals surface area (Å²) in [4.78, 5) is 23.2. The zero-order chi connectivity index (χ0) is 13.1. The zero-order valence-electron chi connectivity index (χ0n) is 8.89. The van der Waals surface area contributed by atoms with E-state index < -0.39 is 5.91 Å². The first-order chi connectivity index (χ1) is 8.59. The maximum absolute atomic E-state index is 11.9. The molecule has 2 rings (SSSR count). The molecule has 0 fully saturated rings. The number of nitrogens with one attached hydrogen (secondary N) is 1. The summed E-state index contributed by atoms with van der Waals surface area (Å²) in [6.45, 7) is 0. The van der Waals surface area contributed by atoms with Gasteiger partial charge in [-0.25, -0.2) is 15.0 Å². The van der Waals surface area contributed by atoms with Crippen molar-refractivity contribution in [2.24, 2.45) is 0 Å². The molecule has 8 heteroatoms. The van der Waals surface area contributed by atoms with Crippen LogP contribution in [0.25, 0.3) is 0 Å². The first-order valence-corrected chi connectivity index (χ1v) is 5.53. The molecule has 0 aromatic carbocycles. The molecule has 92 valence electrons. The standard InChI is InChI=1S/C10H7Cl2N5O/c11-6-8(12)15-4-16-9(6)17-10(18)7-5(13)2-1-3-14-7/h1-4H,13H2,(H,15,16,17,18). The van der Waals surface area contributed by atoms with Crippen molar-refractivity contribution >= 4 is 40.6 Å². The molecule has 2 aromatic rings. The Kier molecular flexibility index (Phi) is 3.59. The molecule has 6 nitrogen and oxygen atoms in total. The normalized spacial score (nSPS) is 10.1. The number of amides is 1. The molecule has 0 aliphatic rings. The van der Waals surface area contributed by atoms with Crippen molar-refractivity contribution in [3.05, 3.63) is 40.5 Å². The van der Waals surface area contributed by atoms with Crippen LogP contribution in [0.15, 0.2) is 24.7 Å². The summed E-state index contributed by atoms with van der Waals surface area (Å²) in [7, 11) is 0. The van der Waals surface area contributed by atoms with Gasteiger partial charge >= 0.3 is 0 Å². The number of halogens is 2. The fourth-order valence-electron chi connectivity index (χ4n) is 1.21. The summed E-state index contributed by atoms with van der Waals surface area (Å²) in [5.41, 5.74) is 5.97. The smallest absolute Gasteiger partial charge is 0.277 e. The first-order valence-electron chi connectivity index (χ1n) is 4.77. The van der Waals surface area contributed by atoms with Gasteiger partial charge in [-0.1, -0.05) is 23.2 Å². The van der Waals surface area contributed by atoms with E-state index in [-0.39, 0.29) is 27.4 Å². The second-order valence-electron chi connectivity index (χ2n) is 3.22. The SMILES string of the molecule is Nc1cccnc1C(=O)Nc1ncnc(Cl)c1Cl. The van der Waals surface area contributed by atoms with E-state index in [9.17, 15) is 4.79 Å². The lowest BCUT2D eigenvalue weighted by Gasteiger charge is -2.07. The van der Waals surface area contributed by atoms with Gasteiger partial charge in [0.1, 0.15) is 11.3 Å². The van der Waals surface area contributed by atoms with Crippen LogP contribution in [0.3, 0.4) is 0 Å². The molecule has 0 spiro atoms. The molecule has 0 radical (unpaired) electrons. The first kappa shape index (κ1) is 12.5. The molecule has 3 N–H and O–H groups in total. The average Bonchev–Trinajstić information content (AvgIpc) is 2.35. The van der Waals surface area contributed by atoms with Crippen LogP contribution in [-0.4, -0.2) is 20.9 Å². The molecule has 0 bridgehead atoms. The third-order valence-electron chi connectivity index (χ3n) is 2.03. The number of rotatable bonds is 2. The van der Waals surface area contributed by atoms with Crippen molar-refractivity contribution < 1.29 is 4.79 Å². The number of nitrogen functional groups attached to an aromatic ring is 1. The fraction of sp³-hybridized carbons (Fsp3) is 0. The number of carbonyl (C=O) groups is 1. The van der Waals surface area contributed by atoms with Crippen LogP contribution in [0.2, 0.25) is 10.2 Å². The minimum absolute atomic E-state index is 0.0518. The predicted octanol–water partition coefficient (Wildman–Crippen LogP) is 2.01. The maximum atomic E-state index is 11.9. The molecule has 0 aliphatic carbocycles. The Bertz CT molecular complexity index is 605. The van der Waals surface area contributed by atoms with Gasteiger partial charge in [0.25, 0.3) is 5.91 Å². The fourth-order valence-corrected chi connectivity index (χ4v) is 1.49. The maximum Gasteiger partial charge on any atom is 0.277 e. The molecule has 0 unspecified atom stereocenters. The minimum Gasteiger partial charge on any atom is -0.397 e. The number of hydrogen-bond donors (Lipinski definition) is 2. The van der Waals surface area contributed by atoms with Crippen molar-refractivity contribution in [1.29, 1.82) is 0 Å². The van der Waals surface area contributed by atoms with Crippen molar-refractivity contribution in [3.8, 4) is 0 Å². The Balaban J connectivity index is 2.27. The van der Waals surface area contributed by atoms with Gasteiger partial charge in [-0.2, -0.15) is 0 Å². The highest BCUT2D eigenvalue weighted by atomic mass is 35.5. The molecular weight excluding hydrogens is 277 g/mol. The minimum atomic E-state index is -0.523. The van der Waals surface area contributed by atoms with Crippen LogP contribution in [0.1, 0.15) is 10.5 Å². The quantitative estimate of drug-likeness (QED) is 0.823. The molecular formula is C10H7Cl2N5O. The Morgan fingerprint density at radius 2 is 2.06 bits per heavy atom. The van der Waals surface area contributed by atoms with Crippen LogP contribution in [0.4, 0.5) is 11.5 Å². The highest BCUT2D eigenvalue weighted by molar-refractivity contribution is 6.43. The predicted molar refractivity (Wildman–Crippen MR) is 68.7 cm³/mol. The van der Waals surface area contributed by atoms with Crippen molar-refractivity contribution in [2.45, 2.75) is 0 Å². The monoisotopic (exact) mass is 283 g/mol. The van der Waals surface area contributed by atoms with Crippen LogP contribution >= 0.6 is 23.2 Å². The largest absolute Gasteiger partial charge is 0.397 e. The van der Waals surface area contributed by atoms with Gasteiger partial charge < -0.3 is 11.1 Å². The molecule has 18 heavy (non-hydrogen) atoms. The van der Waals surface area contributed by atoms with Crippen LogP contribution < -0.4 is 11.1 Å². The number of carbonyl (C=O) groups excluding carboxylic acids is 1. The lowest BCUT2D eigenvalue weighted by atomic mass is 10.3. The summed E-state index contributed by atoms with van der Waals surface area (Å²) in [5.74, 6) is -0.420. The summed E-state index contributed by atoms with van der Waals surface area (Å²) in [6, 6.07) is 3.19. The van der Waals surface area contributed by atoms with Crippen LogP contribution in [-0.2, 0) is 0 Å². The van der Waals surface area contributed by atoms with Gasteiger partial charge in [0.05, 0.1) is 5.69 Å². The Morgan fingerprint density at radius 3 is 2.78 bits per heavy atom. The van der Waals surface area contributed by atoms with Crippen molar-refractivity contribution in [1.82, 2.24) is 15.0 Å². The Labute approximate surface area is 112 Å². The number of nitrogens with zero attached hydrogens (tertiary/aromatic N) is 3. The Hall–Kier alpha value is -1.92. The van der Waals surface area contributed by atoms with Crippen molar-refractivity contribution in [3.63, 3.8) is 0 Å². The summed E-state index contributed by atoms with van der Waals surface area (Å²) in [6.07, 6.45) is 2.64. The number of pyridine rings is 1. The lowest BCUT2D eigenvalue weighted by Crippen LogP contribution is -2.17. The molecule has 0 saturated heterocycles. The van der Waals surface area contributed by atoms with E-state index in [0.717, 1.165) is 0 Å². The van der Waals surface area contributed by atoms with E-state index in [1.807, 2.05) is 0 Å². The van der Waals surface area contributed by atoms with E-state index in [4.69, 9.17) is 28.9 Å². The van der Waals surface area contributed by atoms with E-state index in [0.29, 0.717) is 0 Å². The van der Waals surface area contributed by atoms with Gasteiger partial charge in [-0.15, -0.1) is 0 Å². The van der Waals surface area contributed by atoms with E-state index >= 15 is 0 Å². The highest BCUT2D eigenvalue weighted by Gasteiger charge is 2.15. The number of aromatic nitrogens is 3. The number of nitrogens with two attached hydrogens (primary N) is 1. The van der Waals surface area contributed by atoms with E-state index in [1.54, 1.807) is 12.1 Å². The topological polar surface area (TPSA) is 93.8 Å². The summed E-state index contributed by atoms with van der Waals surface area (Å²) < 4.78 is 0. The molecule has 0 atom stereocenters. The van der Waals surface area contributed by atoms with E-state index in [2.05, 4.69) is 20.3 Å². The number of hydrogen-bond acceptors (Lipinski definition) is 5. The highest BCUT2D eigenvalue weighted by Crippen LogP contribution is 2.25. The molecule has 0 saturated carbocycles. The van der Waals surface area contributed by atoms with Gasteiger partial charge in [-0.05, 0) is 12.1 Å². The summed E-state index contributed by atoms with van der Waals surface area (Å²) in [5, 5.41) is 2.57. The van der Waals surface area contributed by atoms with Crippen LogP contribution in [0, 0.1) is 0 Å². The van der Waals surface area contributed by atoms with Gasteiger partial charge in [0.2, 0.25) is 0 Å². The third kappa shape index (κ3) is 2.49. The second-order valence-corrected chi connectivity index (χ2v) is 3.96. The summed E-state index contributed by atoms with van der Waals surface area (Å²) >= 11 is 11.5. The van der Waals surface area contributed by atoms with Gasteiger partial charge in [-0.3, -0.25) is 4.79 Å². The second kappa shape index (κ2) is 5.16. The molecule has 2 heterocycles. The number of anilines is 2. The van der Waals surface area contributed by atoms with Gasteiger partial charge in [0.15, 0.2) is 16.7 Å². The third-order valence-corrected chi connectivity index (χ3v) is 2.77. The average molecular weight is 284 g/mol. The Morgan fingerprint density at radius 1 is 1.28 bits per heavy atom. The van der Waals surface area contributed by atoms with Crippen LogP contribution in [0.5, 0.6) is 0 Å². The van der Waals surface area contributed by atoms with Crippen molar-refractivity contribution in [2.75, 3.05) is 11.1 Å². The molecule has 0 aliphatic heterocycles. The lowest BCUT2D eigenvalue weighted by molar-refractivity contribution is 0.102. The molecule has 2 aromatic heterocycles. The van der Waals surface area contributed by atoms with Gasteiger partial charge in [0, 0.05) is 6.20 Å².